The molecule has 0 aromatic heterocycles. The van der Waals surface area contributed by atoms with E-state index in [-0.39, 0.29) is 12.1 Å². The van der Waals surface area contributed by atoms with E-state index in [4.69, 9.17) is 4.74 Å². The van der Waals surface area contributed by atoms with Crippen LogP contribution in [0.4, 0.5) is 4.79 Å². The number of unbranched alkanes of at least 4 members (excludes halogenated alkanes) is 2. The van der Waals surface area contributed by atoms with Gasteiger partial charge in [0.15, 0.2) is 0 Å². The summed E-state index contributed by atoms with van der Waals surface area (Å²) in [6.07, 6.45) is 4.08. The third kappa shape index (κ3) is 4.23. The van der Waals surface area contributed by atoms with Crippen LogP contribution in [0.15, 0.2) is 30.3 Å². The van der Waals surface area contributed by atoms with Gasteiger partial charge in [0.2, 0.25) is 0 Å². The highest BCUT2D eigenvalue weighted by molar-refractivity contribution is 9.09. The predicted molar refractivity (Wildman–Crippen MR) is 79.6 cm³/mol. The molecule has 1 atom stereocenters. The lowest BCUT2D eigenvalue weighted by Gasteiger charge is -2.21. The molecule has 0 saturated carbocycles. The highest BCUT2D eigenvalue weighted by atomic mass is 79.9. The Hall–Kier alpha value is -1.03. The molecule has 0 N–H and O–H groups in total. The summed E-state index contributed by atoms with van der Waals surface area (Å²) in [6.45, 7) is 1.33. The van der Waals surface area contributed by atoms with Gasteiger partial charge in [-0.25, -0.2) is 4.79 Å². The second-order valence-electron chi connectivity index (χ2n) is 4.86. The molecule has 1 aromatic carbocycles. The number of alkyl halides is 1. The van der Waals surface area contributed by atoms with Crippen molar-refractivity contribution in [2.45, 2.75) is 31.7 Å². The monoisotopic (exact) mass is 325 g/mol. The molecule has 1 aliphatic heterocycles. The van der Waals surface area contributed by atoms with Crippen LogP contribution in [-0.2, 0) is 11.2 Å². The Morgan fingerprint density at radius 1 is 1.21 bits per heavy atom. The summed E-state index contributed by atoms with van der Waals surface area (Å²) in [4.78, 5) is 13.6. The molecule has 1 amide bonds. The highest BCUT2D eigenvalue weighted by Crippen LogP contribution is 2.18. The Labute approximate surface area is 123 Å². The van der Waals surface area contributed by atoms with Gasteiger partial charge in [0.25, 0.3) is 0 Å². The van der Waals surface area contributed by atoms with Gasteiger partial charge in [-0.15, -0.1) is 0 Å². The standard InChI is InChI=1S/C15H20BrNO2/c16-9-5-2-6-10-17-14(12-19-15(17)18)11-13-7-3-1-4-8-13/h1,3-4,7-8,14H,2,5-6,9-12H2/t14-/m0/s1. The smallest absolute Gasteiger partial charge is 0.410 e. The van der Waals surface area contributed by atoms with Crippen molar-refractivity contribution < 1.29 is 9.53 Å². The van der Waals surface area contributed by atoms with Crippen molar-refractivity contribution in [2.24, 2.45) is 0 Å². The second kappa shape index (κ2) is 7.53. The number of halogens is 1. The fraction of sp³-hybridized carbons (Fsp3) is 0.533. The minimum Gasteiger partial charge on any atom is -0.447 e. The minimum absolute atomic E-state index is 0.153. The fourth-order valence-corrected chi connectivity index (χ4v) is 2.77. The molecular formula is C15H20BrNO2. The first-order chi connectivity index (χ1) is 9.31. The fourth-order valence-electron chi connectivity index (χ4n) is 2.37. The highest BCUT2D eigenvalue weighted by Gasteiger charge is 2.32. The lowest BCUT2D eigenvalue weighted by Crippen LogP contribution is -2.35. The molecule has 1 saturated heterocycles. The maximum absolute atomic E-state index is 11.7. The molecule has 1 aliphatic rings. The topological polar surface area (TPSA) is 29.5 Å². The molecule has 104 valence electrons. The SMILES string of the molecule is O=C1OC[C@H](Cc2ccccc2)N1CCCCCBr. The van der Waals surface area contributed by atoms with Crippen LogP contribution in [0.1, 0.15) is 24.8 Å². The van der Waals surface area contributed by atoms with Crippen LogP contribution in [0.5, 0.6) is 0 Å². The van der Waals surface area contributed by atoms with Crippen LogP contribution in [-0.4, -0.2) is 35.5 Å². The molecule has 1 aromatic rings. The normalized spacial score (nSPS) is 18.7. The Balaban J connectivity index is 1.86. The third-order valence-electron chi connectivity index (χ3n) is 3.42. The first kappa shape index (κ1) is 14.4. The summed E-state index contributed by atoms with van der Waals surface area (Å²) in [5, 5.41) is 1.03. The number of benzene rings is 1. The Morgan fingerprint density at radius 2 is 2.00 bits per heavy atom. The van der Waals surface area contributed by atoms with Crippen LogP contribution in [0.2, 0.25) is 0 Å². The maximum Gasteiger partial charge on any atom is 0.410 e. The van der Waals surface area contributed by atoms with Gasteiger partial charge in [-0.3, -0.25) is 0 Å². The quantitative estimate of drug-likeness (QED) is 0.566. The summed E-state index contributed by atoms with van der Waals surface area (Å²) in [5.41, 5.74) is 1.26. The molecule has 2 rings (SSSR count). The summed E-state index contributed by atoms with van der Waals surface area (Å²) < 4.78 is 5.19. The zero-order valence-electron chi connectivity index (χ0n) is 11.1. The molecule has 19 heavy (non-hydrogen) atoms. The molecule has 0 aliphatic carbocycles. The van der Waals surface area contributed by atoms with Crippen LogP contribution >= 0.6 is 15.9 Å². The largest absolute Gasteiger partial charge is 0.447 e. The average molecular weight is 326 g/mol. The minimum atomic E-state index is -0.153. The zero-order valence-corrected chi connectivity index (χ0v) is 12.6. The second-order valence-corrected chi connectivity index (χ2v) is 5.66. The number of amides is 1. The van der Waals surface area contributed by atoms with E-state index >= 15 is 0 Å². The van der Waals surface area contributed by atoms with Crippen LogP contribution in [0.3, 0.4) is 0 Å². The number of ether oxygens (including phenoxy) is 1. The number of hydrogen-bond acceptors (Lipinski definition) is 2. The molecule has 0 radical (unpaired) electrons. The number of carbonyl (C=O) groups is 1. The van der Waals surface area contributed by atoms with Gasteiger partial charge in [-0.1, -0.05) is 52.7 Å². The number of rotatable bonds is 7. The van der Waals surface area contributed by atoms with Gasteiger partial charge in [0, 0.05) is 11.9 Å². The number of nitrogens with zero attached hydrogens (tertiary/aromatic N) is 1. The summed E-state index contributed by atoms with van der Waals surface area (Å²) in [6, 6.07) is 10.5. The van der Waals surface area contributed by atoms with Crippen LogP contribution < -0.4 is 0 Å². The molecule has 4 heteroatoms. The van der Waals surface area contributed by atoms with Gasteiger partial charge in [-0.05, 0) is 24.8 Å². The van der Waals surface area contributed by atoms with Crippen LogP contribution in [0, 0.1) is 0 Å². The third-order valence-corrected chi connectivity index (χ3v) is 3.98. The van der Waals surface area contributed by atoms with Gasteiger partial charge in [0.05, 0.1) is 6.04 Å². The number of cyclic esters (lactones) is 1. The van der Waals surface area contributed by atoms with Gasteiger partial charge >= 0.3 is 6.09 Å². The lowest BCUT2D eigenvalue weighted by molar-refractivity contribution is 0.157. The summed E-state index contributed by atoms with van der Waals surface area (Å²) in [7, 11) is 0. The molecule has 0 bridgehead atoms. The molecular weight excluding hydrogens is 306 g/mol. The van der Waals surface area contributed by atoms with Gasteiger partial charge in [0.1, 0.15) is 6.61 Å². The van der Waals surface area contributed by atoms with E-state index in [0.29, 0.717) is 6.61 Å². The molecule has 0 unspecified atom stereocenters. The van der Waals surface area contributed by atoms with Crippen molar-refractivity contribution in [3.05, 3.63) is 35.9 Å². The van der Waals surface area contributed by atoms with Gasteiger partial charge < -0.3 is 9.64 Å². The van der Waals surface area contributed by atoms with E-state index < -0.39 is 0 Å². The van der Waals surface area contributed by atoms with E-state index in [2.05, 4.69) is 28.1 Å². The van der Waals surface area contributed by atoms with Gasteiger partial charge in [-0.2, -0.15) is 0 Å². The van der Waals surface area contributed by atoms with E-state index in [0.717, 1.165) is 37.6 Å². The molecule has 0 spiro atoms. The average Bonchev–Trinajstić information content (AvgIpc) is 2.77. The Bertz CT molecular complexity index is 396. The van der Waals surface area contributed by atoms with Crippen molar-refractivity contribution in [3.63, 3.8) is 0 Å². The Morgan fingerprint density at radius 3 is 2.74 bits per heavy atom. The van der Waals surface area contributed by atoms with Crippen LogP contribution in [0.25, 0.3) is 0 Å². The summed E-state index contributed by atoms with van der Waals surface area (Å²) >= 11 is 3.43. The first-order valence-corrected chi connectivity index (χ1v) is 7.96. The lowest BCUT2D eigenvalue weighted by atomic mass is 10.1. The van der Waals surface area contributed by atoms with Crippen molar-refractivity contribution >= 4 is 22.0 Å². The van der Waals surface area contributed by atoms with Crippen molar-refractivity contribution in [2.75, 3.05) is 18.5 Å². The van der Waals surface area contributed by atoms with Crippen molar-refractivity contribution in [1.29, 1.82) is 0 Å². The zero-order chi connectivity index (χ0) is 13.5. The number of hydrogen-bond donors (Lipinski definition) is 0. The van der Waals surface area contributed by atoms with E-state index in [9.17, 15) is 4.79 Å². The van der Waals surface area contributed by atoms with E-state index in [1.807, 2.05) is 23.1 Å². The molecule has 1 fully saturated rings. The number of carbonyl (C=O) groups excluding carboxylic acids is 1. The maximum atomic E-state index is 11.7. The predicted octanol–water partition coefficient (Wildman–Crippen LogP) is 3.62. The van der Waals surface area contributed by atoms with Crippen molar-refractivity contribution in [3.8, 4) is 0 Å². The molecule has 1 heterocycles. The molecule has 3 nitrogen and oxygen atoms in total. The van der Waals surface area contributed by atoms with E-state index in [1.165, 1.54) is 5.56 Å². The first-order valence-electron chi connectivity index (χ1n) is 6.84. The van der Waals surface area contributed by atoms with Crippen molar-refractivity contribution in [1.82, 2.24) is 4.90 Å². The Kier molecular flexibility index (Phi) is 5.70. The van der Waals surface area contributed by atoms with E-state index in [1.54, 1.807) is 0 Å². The summed E-state index contributed by atoms with van der Waals surface area (Å²) in [5.74, 6) is 0.